The van der Waals surface area contributed by atoms with Crippen molar-refractivity contribution in [3.8, 4) is 0 Å². The Kier molecular flexibility index (Phi) is 4.30. The van der Waals surface area contributed by atoms with Crippen LogP contribution in [0.2, 0.25) is 0 Å². The molecule has 0 amide bonds. The van der Waals surface area contributed by atoms with Gasteiger partial charge in [-0.15, -0.1) is 0 Å². The van der Waals surface area contributed by atoms with E-state index in [1.165, 1.54) is 25.7 Å². The third kappa shape index (κ3) is 3.71. The quantitative estimate of drug-likeness (QED) is 0.881. The summed E-state index contributed by atoms with van der Waals surface area (Å²) in [5, 5.41) is 6.44. The molecular formula is C14H26N6. The van der Waals surface area contributed by atoms with Crippen molar-refractivity contribution in [1.29, 1.82) is 0 Å². The van der Waals surface area contributed by atoms with E-state index in [2.05, 4.69) is 39.4 Å². The normalized spacial score (nSPS) is 18.6. The van der Waals surface area contributed by atoms with Gasteiger partial charge in [0.05, 0.1) is 0 Å². The first-order valence-electron chi connectivity index (χ1n) is 7.27. The summed E-state index contributed by atoms with van der Waals surface area (Å²) in [5.41, 5.74) is 0.474. The second kappa shape index (κ2) is 5.81. The van der Waals surface area contributed by atoms with Crippen molar-refractivity contribution in [2.24, 2.45) is 5.41 Å². The lowest BCUT2D eigenvalue weighted by atomic mass is 9.76. The van der Waals surface area contributed by atoms with Crippen LogP contribution in [0, 0.1) is 5.41 Å². The molecule has 1 aliphatic carbocycles. The smallest absolute Gasteiger partial charge is 0.231 e. The number of anilines is 3. The van der Waals surface area contributed by atoms with Gasteiger partial charge in [0.2, 0.25) is 17.8 Å². The van der Waals surface area contributed by atoms with Crippen molar-refractivity contribution in [2.75, 3.05) is 36.7 Å². The van der Waals surface area contributed by atoms with Gasteiger partial charge in [-0.25, -0.2) is 0 Å². The fraction of sp³-hybridized carbons (Fsp3) is 0.786. The number of rotatable bonds is 4. The van der Waals surface area contributed by atoms with Crippen LogP contribution in [-0.2, 0) is 0 Å². The largest absolute Gasteiger partial charge is 0.357 e. The lowest BCUT2D eigenvalue weighted by molar-refractivity contribution is 0.232. The highest BCUT2D eigenvalue weighted by Gasteiger charge is 2.27. The van der Waals surface area contributed by atoms with Crippen LogP contribution >= 0.6 is 0 Å². The minimum Gasteiger partial charge on any atom is -0.357 e. The fourth-order valence-electron chi connectivity index (χ4n) is 2.47. The molecule has 1 aromatic rings. The van der Waals surface area contributed by atoms with Gasteiger partial charge in [-0.1, -0.05) is 13.8 Å². The molecule has 1 saturated carbocycles. The van der Waals surface area contributed by atoms with Gasteiger partial charge in [-0.3, -0.25) is 0 Å². The van der Waals surface area contributed by atoms with Crippen LogP contribution in [0.15, 0.2) is 0 Å². The van der Waals surface area contributed by atoms with Crippen LogP contribution in [0.4, 0.5) is 17.8 Å². The van der Waals surface area contributed by atoms with Gasteiger partial charge in [0.15, 0.2) is 0 Å². The van der Waals surface area contributed by atoms with Crippen LogP contribution in [0.3, 0.4) is 0 Å². The van der Waals surface area contributed by atoms with Gasteiger partial charge in [-0.2, -0.15) is 15.0 Å². The minimum atomic E-state index is 0.463. The first-order chi connectivity index (χ1) is 9.39. The maximum atomic E-state index is 4.46. The van der Waals surface area contributed by atoms with E-state index in [0.717, 1.165) is 0 Å². The van der Waals surface area contributed by atoms with E-state index in [0.29, 0.717) is 29.3 Å². The van der Waals surface area contributed by atoms with Crippen molar-refractivity contribution in [1.82, 2.24) is 15.0 Å². The van der Waals surface area contributed by atoms with E-state index < -0.39 is 0 Å². The maximum absolute atomic E-state index is 4.46. The molecule has 0 spiro atoms. The molecule has 6 nitrogen and oxygen atoms in total. The lowest BCUT2D eigenvalue weighted by Gasteiger charge is -2.34. The first kappa shape index (κ1) is 14.8. The summed E-state index contributed by atoms with van der Waals surface area (Å²) >= 11 is 0. The molecule has 2 N–H and O–H groups in total. The standard InChI is InChI=1S/C14H26N6/c1-14(2)8-6-10(7-9-14)16-12-17-11(15-3)18-13(19-12)20(4)5/h10H,6-9H2,1-5H3,(H2,15,16,17,18,19). The van der Waals surface area contributed by atoms with Gasteiger partial charge in [0.1, 0.15) is 0 Å². The topological polar surface area (TPSA) is 66.0 Å². The van der Waals surface area contributed by atoms with Crippen LogP contribution in [0.5, 0.6) is 0 Å². The molecule has 1 fully saturated rings. The maximum Gasteiger partial charge on any atom is 0.231 e. The van der Waals surface area contributed by atoms with Crippen LogP contribution in [0.1, 0.15) is 39.5 Å². The summed E-state index contributed by atoms with van der Waals surface area (Å²) < 4.78 is 0. The zero-order valence-corrected chi connectivity index (χ0v) is 13.2. The average molecular weight is 278 g/mol. The third-order valence-corrected chi connectivity index (χ3v) is 3.92. The van der Waals surface area contributed by atoms with Crippen molar-refractivity contribution in [2.45, 2.75) is 45.6 Å². The minimum absolute atomic E-state index is 0.463. The number of aromatic nitrogens is 3. The summed E-state index contributed by atoms with van der Waals surface area (Å²) in [5.74, 6) is 1.93. The van der Waals surface area contributed by atoms with Crippen molar-refractivity contribution in [3.05, 3.63) is 0 Å². The average Bonchev–Trinajstić information content (AvgIpc) is 2.41. The Bertz CT molecular complexity index is 447. The summed E-state index contributed by atoms with van der Waals surface area (Å²) in [6, 6.07) is 0.463. The second-order valence-electron chi connectivity index (χ2n) is 6.51. The fourth-order valence-corrected chi connectivity index (χ4v) is 2.47. The first-order valence-corrected chi connectivity index (χ1v) is 7.27. The van der Waals surface area contributed by atoms with Gasteiger partial charge in [0, 0.05) is 27.2 Å². The molecular weight excluding hydrogens is 252 g/mol. The highest BCUT2D eigenvalue weighted by atomic mass is 15.3. The molecule has 6 heteroatoms. The molecule has 0 aliphatic heterocycles. The molecule has 1 aliphatic rings. The molecule has 1 aromatic heterocycles. The van der Waals surface area contributed by atoms with Crippen molar-refractivity contribution >= 4 is 17.8 Å². The molecule has 1 heterocycles. The summed E-state index contributed by atoms with van der Waals surface area (Å²) in [6.45, 7) is 4.69. The molecule has 0 bridgehead atoms. The summed E-state index contributed by atoms with van der Waals surface area (Å²) in [4.78, 5) is 15.1. The summed E-state index contributed by atoms with van der Waals surface area (Å²) in [6.07, 6.45) is 4.83. The van der Waals surface area contributed by atoms with Crippen molar-refractivity contribution < 1.29 is 0 Å². The molecule has 20 heavy (non-hydrogen) atoms. The van der Waals surface area contributed by atoms with Crippen molar-refractivity contribution in [3.63, 3.8) is 0 Å². The highest BCUT2D eigenvalue weighted by Crippen LogP contribution is 2.35. The lowest BCUT2D eigenvalue weighted by Crippen LogP contribution is -2.30. The van der Waals surface area contributed by atoms with E-state index >= 15 is 0 Å². The molecule has 0 radical (unpaired) electrons. The van der Waals surface area contributed by atoms with Gasteiger partial charge in [0.25, 0.3) is 0 Å². The Morgan fingerprint density at radius 1 is 1.05 bits per heavy atom. The zero-order valence-electron chi connectivity index (χ0n) is 13.2. The van der Waals surface area contributed by atoms with Crippen LogP contribution in [0.25, 0.3) is 0 Å². The number of nitrogens with one attached hydrogen (secondary N) is 2. The van der Waals surface area contributed by atoms with E-state index in [9.17, 15) is 0 Å². The van der Waals surface area contributed by atoms with Gasteiger partial charge < -0.3 is 15.5 Å². The Balaban J connectivity index is 2.07. The van der Waals surface area contributed by atoms with Gasteiger partial charge >= 0.3 is 0 Å². The van der Waals surface area contributed by atoms with E-state index in [1.54, 1.807) is 0 Å². The zero-order chi connectivity index (χ0) is 14.8. The third-order valence-electron chi connectivity index (χ3n) is 3.92. The van der Waals surface area contributed by atoms with Crippen LogP contribution < -0.4 is 15.5 Å². The Morgan fingerprint density at radius 2 is 1.65 bits per heavy atom. The predicted octanol–water partition coefficient (Wildman–Crippen LogP) is 2.36. The SMILES string of the molecule is CNc1nc(NC2CCC(C)(C)CC2)nc(N(C)C)n1. The summed E-state index contributed by atoms with van der Waals surface area (Å²) in [7, 11) is 5.69. The van der Waals surface area contributed by atoms with Gasteiger partial charge in [-0.05, 0) is 31.1 Å². The number of nitrogens with zero attached hydrogens (tertiary/aromatic N) is 4. The van der Waals surface area contributed by atoms with E-state index in [-0.39, 0.29) is 0 Å². The Labute approximate surface area is 121 Å². The van der Waals surface area contributed by atoms with Crippen LogP contribution in [-0.4, -0.2) is 42.1 Å². The predicted molar refractivity (Wildman–Crippen MR) is 83.4 cm³/mol. The second-order valence-corrected chi connectivity index (χ2v) is 6.51. The van der Waals surface area contributed by atoms with E-state index in [4.69, 9.17) is 0 Å². The molecule has 0 atom stereocenters. The molecule has 112 valence electrons. The number of hydrogen-bond acceptors (Lipinski definition) is 6. The molecule has 2 rings (SSSR count). The Hall–Kier alpha value is -1.59. The molecule has 0 unspecified atom stereocenters. The molecule has 0 aromatic carbocycles. The Morgan fingerprint density at radius 3 is 2.20 bits per heavy atom. The highest BCUT2D eigenvalue weighted by molar-refractivity contribution is 5.43. The monoisotopic (exact) mass is 278 g/mol. The number of hydrogen-bond donors (Lipinski definition) is 2. The van der Waals surface area contributed by atoms with E-state index in [1.807, 2.05) is 26.0 Å². The molecule has 0 saturated heterocycles.